The van der Waals surface area contributed by atoms with E-state index in [-0.39, 0.29) is 11.3 Å². The molecule has 1 aromatic rings. The molecular formula is C11H9NO2S. The Labute approximate surface area is 89.3 Å². The molecule has 0 aromatic heterocycles. The van der Waals surface area contributed by atoms with Gasteiger partial charge in [0.05, 0.1) is 17.4 Å². The molecule has 0 N–H and O–H groups in total. The quantitative estimate of drug-likeness (QED) is 0.670. The van der Waals surface area contributed by atoms with Gasteiger partial charge in [-0.15, -0.1) is 0 Å². The highest BCUT2D eigenvalue weighted by molar-refractivity contribution is 7.90. The van der Waals surface area contributed by atoms with Crippen LogP contribution in [0.1, 0.15) is 12.0 Å². The molecule has 0 atom stereocenters. The molecule has 3 nitrogen and oxygen atoms in total. The van der Waals surface area contributed by atoms with Gasteiger partial charge in [0.1, 0.15) is 0 Å². The molecule has 4 heteroatoms. The lowest BCUT2D eigenvalue weighted by Gasteiger charge is -1.97. The summed E-state index contributed by atoms with van der Waals surface area (Å²) in [5, 5.41) is 8.28. The van der Waals surface area contributed by atoms with E-state index in [1.807, 2.05) is 6.07 Å². The Balaban J connectivity index is 3.07. The molecule has 0 spiro atoms. The fourth-order valence-electron chi connectivity index (χ4n) is 0.990. The average Bonchev–Trinajstić information content (AvgIpc) is 2.17. The van der Waals surface area contributed by atoms with Crippen LogP contribution in [0.25, 0.3) is 0 Å². The molecule has 0 radical (unpaired) electrons. The minimum absolute atomic E-state index is 0.142. The number of hydrogen-bond donors (Lipinski definition) is 0. The van der Waals surface area contributed by atoms with E-state index in [2.05, 4.69) is 11.8 Å². The molecular weight excluding hydrogens is 210 g/mol. The van der Waals surface area contributed by atoms with E-state index < -0.39 is 9.84 Å². The van der Waals surface area contributed by atoms with Crippen LogP contribution in [0.2, 0.25) is 0 Å². The van der Waals surface area contributed by atoms with Crippen LogP contribution >= 0.6 is 0 Å². The van der Waals surface area contributed by atoms with Crippen LogP contribution in [-0.4, -0.2) is 14.7 Å². The van der Waals surface area contributed by atoms with Crippen molar-refractivity contribution in [3.8, 4) is 17.9 Å². The molecule has 0 unspecified atom stereocenters. The van der Waals surface area contributed by atoms with Gasteiger partial charge in [-0.1, -0.05) is 17.9 Å². The summed E-state index contributed by atoms with van der Waals surface area (Å²) in [5.74, 6) is 5.35. The zero-order valence-electron chi connectivity index (χ0n) is 8.19. The Bertz CT molecular complexity index is 556. The van der Waals surface area contributed by atoms with Gasteiger partial charge >= 0.3 is 0 Å². The molecule has 0 saturated carbocycles. The molecule has 0 fully saturated rings. The second-order valence-electron chi connectivity index (χ2n) is 2.94. The summed E-state index contributed by atoms with van der Waals surface area (Å²) < 4.78 is 22.4. The van der Waals surface area contributed by atoms with Crippen molar-refractivity contribution in [2.24, 2.45) is 0 Å². The van der Waals surface area contributed by atoms with E-state index in [1.165, 1.54) is 12.1 Å². The molecule has 1 rings (SSSR count). The van der Waals surface area contributed by atoms with Crippen LogP contribution in [0.3, 0.4) is 0 Å². The zero-order valence-corrected chi connectivity index (χ0v) is 9.00. The van der Waals surface area contributed by atoms with E-state index in [9.17, 15) is 8.42 Å². The molecule has 0 aliphatic rings. The first-order valence-corrected chi connectivity index (χ1v) is 6.09. The third-order valence-corrected chi connectivity index (χ3v) is 2.77. The second kappa shape index (κ2) is 4.63. The van der Waals surface area contributed by atoms with Crippen LogP contribution in [0.4, 0.5) is 0 Å². The fourth-order valence-corrected chi connectivity index (χ4v) is 1.66. The smallest absolute Gasteiger partial charge is 0.175 e. The number of benzene rings is 1. The van der Waals surface area contributed by atoms with E-state index in [4.69, 9.17) is 5.26 Å². The van der Waals surface area contributed by atoms with Crippen molar-refractivity contribution >= 4 is 9.84 Å². The summed E-state index contributed by atoms with van der Waals surface area (Å²) in [5.41, 5.74) is 0.605. The number of rotatable bonds is 1. The highest BCUT2D eigenvalue weighted by Crippen LogP contribution is 2.10. The monoisotopic (exact) mass is 219 g/mol. The Morgan fingerprint density at radius 2 is 2.13 bits per heavy atom. The summed E-state index contributed by atoms with van der Waals surface area (Å²) in [6.45, 7) is 0. The minimum Gasteiger partial charge on any atom is -0.224 e. The highest BCUT2D eigenvalue weighted by Gasteiger charge is 2.05. The largest absolute Gasteiger partial charge is 0.224 e. The fraction of sp³-hybridized carbons (Fsp3) is 0.182. The standard InChI is InChI=1S/C11H9NO2S/c1-15(13,14)11-7-4-6-10(9-11)5-2-3-8-12/h4,6-7,9H,3H2,1H3. The third-order valence-electron chi connectivity index (χ3n) is 1.66. The van der Waals surface area contributed by atoms with E-state index >= 15 is 0 Å². The van der Waals surface area contributed by atoms with Gasteiger partial charge < -0.3 is 0 Å². The molecule has 0 heterocycles. The van der Waals surface area contributed by atoms with Crippen LogP contribution in [0.15, 0.2) is 29.2 Å². The Morgan fingerprint density at radius 3 is 2.73 bits per heavy atom. The summed E-state index contributed by atoms with van der Waals surface area (Å²) in [7, 11) is -3.19. The van der Waals surface area contributed by atoms with Gasteiger partial charge in [0.2, 0.25) is 0 Å². The van der Waals surface area contributed by atoms with E-state index in [0.29, 0.717) is 5.56 Å². The van der Waals surface area contributed by atoms with E-state index in [0.717, 1.165) is 6.26 Å². The molecule has 0 aliphatic carbocycles. The van der Waals surface area contributed by atoms with Crippen molar-refractivity contribution < 1.29 is 8.42 Å². The number of hydrogen-bond acceptors (Lipinski definition) is 3. The Kier molecular flexibility index (Phi) is 3.49. The molecule has 0 amide bonds. The van der Waals surface area contributed by atoms with Gasteiger partial charge in [0, 0.05) is 11.8 Å². The van der Waals surface area contributed by atoms with Crippen molar-refractivity contribution in [1.82, 2.24) is 0 Å². The average molecular weight is 219 g/mol. The first-order chi connectivity index (χ1) is 7.04. The van der Waals surface area contributed by atoms with Crippen molar-refractivity contribution in [2.75, 3.05) is 6.26 Å². The van der Waals surface area contributed by atoms with Crippen molar-refractivity contribution in [3.63, 3.8) is 0 Å². The van der Waals surface area contributed by atoms with Crippen LogP contribution in [0.5, 0.6) is 0 Å². The molecule has 0 saturated heterocycles. The summed E-state index contributed by atoms with van der Waals surface area (Å²) in [6, 6.07) is 8.25. The van der Waals surface area contributed by atoms with Crippen molar-refractivity contribution in [1.29, 1.82) is 5.26 Å². The third kappa shape index (κ3) is 3.46. The lowest BCUT2D eigenvalue weighted by atomic mass is 10.2. The maximum atomic E-state index is 11.2. The summed E-state index contributed by atoms with van der Waals surface area (Å²) in [4.78, 5) is 0.242. The van der Waals surface area contributed by atoms with Crippen molar-refractivity contribution in [2.45, 2.75) is 11.3 Å². The molecule has 0 bridgehead atoms. The maximum Gasteiger partial charge on any atom is 0.175 e. The molecule has 76 valence electrons. The zero-order chi connectivity index (χ0) is 11.3. The minimum atomic E-state index is -3.19. The Hall–Kier alpha value is -1.78. The van der Waals surface area contributed by atoms with Gasteiger partial charge in [0.25, 0.3) is 0 Å². The predicted molar refractivity (Wildman–Crippen MR) is 56.7 cm³/mol. The number of nitrogens with zero attached hydrogens (tertiary/aromatic N) is 1. The molecule has 15 heavy (non-hydrogen) atoms. The SMILES string of the molecule is CS(=O)(=O)c1cccc(C#CCC#N)c1. The van der Waals surface area contributed by atoms with Crippen LogP contribution in [0, 0.1) is 23.2 Å². The lowest BCUT2D eigenvalue weighted by Crippen LogP contribution is -1.96. The van der Waals surface area contributed by atoms with Crippen molar-refractivity contribution in [3.05, 3.63) is 29.8 Å². The molecule has 1 aromatic carbocycles. The van der Waals surface area contributed by atoms with Gasteiger partial charge in [0.15, 0.2) is 9.84 Å². The summed E-state index contributed by atoms with van der Waals surface area (Å²) >= 11 is 0. The first-order valence-electron chi connectivity index (χ1n) is 4.20. The normalized spacial score (nSPS) is 9.87. The highest BCUT2D eigenvalue weighted by atomic mass is 32.2. The summed E-state index contributed by atoms with van der Waals surface area (Å²) in [6.07, 6.45) is 1.29. The van der Waals surface area contributed by atoms with Gasteiger partial charge in [-0.25, -0.2) is 8.42 Å². The van der Waals surface area contributed by atoms with Crippen LogP contribution < -0.4 is 0 Å². The van der Waals surface area contributed by atoms with Gasteiger partial charge in [-0.3, -0.25) is 0 Å². The lowest BCUT2D eigenvalue weighted by molar-refractivity contribution is 0.602. The van der Waals surface area contributed by atoms with E-state index in [1.54, 1.807) is 12.1 Å². The van der Waals surface area contributed by atoms with Crippen LogP contribution in [-0.2, 0) is 9.84 Å². The van der Waals surface area contributed by atoms with Gasteiger partial charge in [-0.2, -0.15) is 5.26 Å². The van der Waals surface area contributed by atoms with Gasteiger partial charge in [-0.05, 0) is 18.2 Å². The predicted octanol–water partition coefficient (Wildman–Crippen LogP) is 1.36. The second-order valence-corrected chi connectivity index (χ2v) is 4.95. The Morgan fingerprint density at radius 1 is 1.40 bits per heavy atom. The maximum absolute atomic E-state index is 11.2. The number of nitriles is 1. The first kappa shape index (κ1) is 11.3. The molecule has 0 aliphatic heterocycles. The number of sulfone groups is 1. The topological polar surface area (TPSA) is 57.9 Å².